The molecule has 0 saturated heterocycles. The van der Waals surface area contributed by atoms with E-state index in [1.165, 1.54) is 31.5 Å². The van der Waals surface area contributed by atoms with Gasteiger partial charge in [0.05, 0.1) is 7.11 Å². The van der Waals surface area contributed by atoms with Gasteiger partial charge in [-0.3, -0.25) is 4.79 Å². The predicted molar refractivity (Wildman–Crippen MR) is 86.2 cm³/mol. The standard InChI is InChI=1S/C16H14F2N4O2/c1-24-16-14(22-15(20)13(18)6-19)5-10(7-21-16)11-3-2-9(8-23)4-12(11)17/h2-8H,19H2,1H3,(H2,20,22)/b13-6+. The van der Waals surface area contributed by atoms with Crippen LogP contribution in [0.3, 0.4) is 0 Å². The lowest BCUT2D eigenvalue weighted by atomic mass is 10.0. The molecule has 0 atom stereocenters. The molecule has 0 spiro atoms. The van der Waals surface area contributed by atoms with Gasteiger partial charge in [0, 0.05) is 29.1 Å². The molecule has 0 aliphatic rings. The molecular weight excluding hydrogens is 318 g/mol. The Hall–Kier alpha value is -3.29. The number of methoxy groups -OCH3 is 1. The number of ether oxygens (including phenoxy) is 1. The van der Waals surface area contributed by atoms with E-state index in [1.807, 2.05) is 0 Å². The van der Waals surface area contributed by atoms with Gasteiger partial charge in [0.25, 0.3) is 0 Å². The molecule has 0 fully saturated rings. The van der Waals surface area contributed by atoms with Crippen molar-refractivity contribution in [3.05, 3.63) is 53.9 Å². The fourth-order valence-electron chi connectivity index (χ4n) is 1.93. The summed E-state index contributed by atoms with van der Waals surface area (Å²) in [6, 6.07) is 5.42. The third-order valence-electron chi connectivity index (χ3n) is 3.10. The maximum absolute atomic E-state index is 14.1. The van der Waals surface area contributed by atoms with Crippen LogP contribution in [0.4, 0.5) is 14.5 Å². The van der Waals surface area contributed by atoms with Crippen LogP contribution in [-0.2, 0) is 0 Å². The molecule has 0 aliphatic carbocycles. The first-order chi connectivity index (χ1) is 11.5. The molecule has 0 amide bonds. The van der Waals surface area contributed by atoms with Gasteiger partial charge in [-0.05, 0) is 12.1 Å². The Morgan fingerprint density at radius 3 is 2.71 bits per heavy atom. The fraction of sp³-hybridized carbons (Fsp3) is 0.0625. The van der Waals surface area contributed by atoms with Crippen LogP contribution in [0.5, 0.6) is 5.88 Å². The van der Waals surface area contributed by atoms with Gasteiger partial charge < -0.3 is 16.2 Å². The summed E-state index contributed by atoms with van der Waals surface area (Å²) in [5.74, 6) is -1.91. The summed E-state index contributed by atoms with van der Waals surface area (Å²) >= 11 is 0. The van der Waals surface area contributed by atoms with Crippen LogP contribution < -0.4 is 16.2 Å². The van der Waals surface area contributed by atoms with Gasteiger partial charge in [-0.2, -0.15) is 0 Å². The van der Waals surface area contributed by atoms with Crippen molar-refractivity contribution in [2.75, 3.05) is 7.11 Å². The molecular formula is C16H14F2N4O2. The SMILES string of the molecule is COc1ncc(-c2ccc(C=O)cc2F)cc1N=C(N)/C(F)=C\N. The van der Waals surface area contributed by atoms with Crippen molar-refractivity contribution in [2.45, 2.75) is 0 Å². The normalized spacial score (nSPS) is 12.1. The zero-order valence-corrected chi connectivity index (χ0v) is 12.7. The molecule has 124 valence electrons. The van der Waals surface area contributed by atoms with E-state index < -0.39 is 17.5 Å². The number of carbonyl (C=O) groups excluding carboxylic acids is 1. The summed E-state index contributed by atoms with van der Waals surface area (Å²) in [5.41, 5.74) is 11.4. The number of hydrogen-bond acceptors (Lipinski definition) is 5. The molecule has 0 aliphatic heterocycles. The Kier molecular flexibility index (Phi) is 5.20. The number of nitrogens with zero attached hydrogens (tertiary/aromatic N) is 2. The molecule has 0 unspecified atom stereocenters. The molecule has 0 bridgehead atoms. The zero-order valence-electron chi connectivity index (χ0n) is 12.7. The van der Waals surface area contributed by atoms with Crippen LogP contribution in [0.15, 0.2) is 47.5 Å². The number of benzene rings is 1. The number of pyridine rings is 1. The van der Waals surface area contributed by atoms with E-state index in [9.17, 15) is 13.6 Å². The molecule has 4 N–H and O–H groups in total. The van der Waals surface area contributed by atoms with Crippen molar-refractivity contribution < 1.29 is 18.3 Å². The third-order valence-corrected chi connectivity index (χ3v) is 3.10. The van der Waals surface area contributed by atoms with Crippen LogP contribution in [0.25, 0.3) is 11.1 Å². The Labute approximate surface area is 136 Å². The fourth-order valence-corrected chi connectivity index (χ4v) is 1.93. The number of aldehydes is 1. The quantitative estimate of drug-likeness (QED) is 0.497. The summed E-state index contributed by atoms with van der Waals surface area (Å²) in [6.45, 7) is 0. The zero-order chi connectivity index (χ0) is 17.7. The van der Waals surface area contributed by atoms with Crippen LogP contribution in [0.2, 0.25) is 0 Å². The van der Waals surface area contributed by atoms with E-state index in [0.29, 0.717) is 18.0 Å². The van der Waals surface area contributed by atoms with Crippen LogP contribution in [-0.4, -0.2) is 24.2 Å². The monoisotopic (exact) mass is 332 g/mol. The second-order valence-electron chi connectivity index (χ2n) is 4.62. The molecule has 6 nitrogen and oxygen atoms in total. The van der Waals surface area contributed by atoms with Gasteiger partial charge in [0.15, 0.2) is 11.7 Å². The number of aromatic nitrogens is 1. The minimum Gasteiger partial charge on any atom is -0.479 e. The smallest absolute Gasteiger partial charge is 0.239 e. The van der Waals surface area contributed by atoms with Crippen LogP contribution in [0, 0.1) is 5.82 Å². The molecule has 0 saturated carbocycles. The van der Waals surface area contributed by atoms with Gasteiger partial charge in [0.1, 0.15) is 17.8 Å². The first kappa shape index (κ1) is 17.1. The lowest BCUT2D eigenvalue weighted by Gasteiger charge is -2.08. The number of hydrogen-bond donors (Lipinski definition) is 2. The van der Waals surface area contributed by atoms with Gasteiger partial charge in [-0.15, -0.1) is 0 Å². The first-order valence-corrected chi connectivity index (χ1v) is 6.71. The Bertz CT molecular complexity index is 835. The number of carbonyl (C=O) groups is 1. The van der Waals surface area contributed by atoms with Crippen molar-refractivity contribution in [3.8, 4) is 17.0 Å². The Balaban J connectivity index is 2.55. The molecule has 1 heterocycles. The first-order valence-electron chi connectivity index (χ1n) is 6.71. The van der Waals surface area contributed by atoms with Crippen molar-refractivity contribution >= 4 is 17.8 Å². The molecule has 2 rings (SSSR count). The second kappa shape index (κ2) is 7.32. The van der Waals surface area contributed by atoms with Crippen LogP contribution in [0.1, 0.15) is 10.4 Å². The van der Waals surface area contributed by atoms with Gasteiger partial charge in [-0.1, -0.05) is 12.1 Å². The summed E-state index contributed by atoms with van der Waals surface area (Å²) < 4.78 is 32.5. The summed E-state index contributed by atoms with van der Waals surface area (Å²) in [6.07, 6.45) is 2.57. The van der Waals surface area contributed by atoms with E-state index >= 15 is 0 Å². The number of rotatable bonds is 5. The number of halogens is 2. The van der Waals surface area contributed by atoms with Crippen molar-refractivity contribution in [2.24, 2.45) is 16.5 Å². The third kappa shape index (κ3) is 3.54. The Morgan fingerprint density at radius 1 is 1.38 bits per heavy atom. The van der Waals surface area contributed by atoms with Crippen molar-refractivity contribution in [3.63, 3.8) is 0 Å². The maximum Gasteiger partial charge on any atom is 0.239 e. The van der Waals surface area contributed by atoms with E-state index in [1.54, 1.807) is 0 Å². The lowest BCUT2D eigenvalue weighted by Crippen LogP contribution is -2.13. The largest absolute Gasteiger partial charge is 0.479 e. The highest BCUT2D eigenvalue weighted by Gasteiger charge is 2.12. The van der Waals surface area contributed by atoms with E-state index in [0.717, 1.165) is 6.07 Å². The van der Waals surface area contributed by atoms with Gasteiger partial charge in [-0.25, -0.2) is 18.8 Å². The topological polar surface area (TPSA) is 104 Å². The summed E-state index contributed by atoms with van der Waals surface area (Å²) in [5, 5.41) is 0. The minimum atomic E-state index is -0.913. The van der Waals surface area contributed by atoms with Crippen molar-refractivity contribution in [1.29, 1.82) is 0 Å². The van der Waals surface area contributed by atoms with E-state index in [4.69, 9.17) is 16.2 Å². The Morgan fingerprint density at radius 2 is 2.12 bits per heavy atom. The summed E-state index contributed by atoms with van der Waals surface area (Å²) in [4.78, 5) is 18.5. The second-order valence-corrected chi connectivity index (χ2v) is 4.62. The highest BCUT2D eigenvalue weighted by atomic mass is 19.1. The number of amidine groups is 1. The maximum atomic E-state index is 14.1. The predicted octanol–water partition coefficient (Wildman–Crippen LogP) is 2.47. The van der Waals surface area contributed by atoms with Gasteiger partial charge in [0.2, 0.25) is 5.88 Å². The number of nitrogens with two attached hydrogens (primary N) is 2. The molecule has 2 aromatic rings. The average molecular weight is 332 g/mol. The van der Waals surface area contributed by atoms with Crippen LogP contribution >= 0.6 is 0 Å². The summed E-state index contributed by atoms with van der Waals surface area (Å²) in [7, 11) is 1.35. The molecule has 24 heavy (non-hydrogen) atoms. The minimum absolute atomic E-state index is 0.0800. The average Bonchev–Trinajstić information content (AvgIpc) is 2.60. The molecule has 8 heteroatoms. The highest BCUT2D eigenvalue weighted by Crippen LogP contribution is 2.32. The number of aliphatic imine (C=N–C) groups is 1. The van der Waals surface area contributed by atoms with E-state index in [2.05, 4.69) is 9.98 Å². The molecule has 1 aromatic heterocycles. The molecule has 1 aromatic carbocycles. The molecule has 0 radical (unpaired) electrons. The highest BCUT2D eigenvalue weighted by molar-refractivity contribution is 5.97. The van der Waals surface area contributed by atoms with E-state index in [-0.39, 0.29) is 22.7 Å². The van der Waals surface area contributed by atoms with Gasteiger partial charge >= 0.3 is 0 Å². The van der Waals surface area contributed by atoms with Crippen molar-refractivity contribution in [1.82, 2.24) is 4.98 Å². The lowest BCUT2D eigenvalue weighted by molar-refractivity contribution is 0.112.